The number of carbonyl (C=O) groups excluding carboxylic acids is 1. The second-order valence-electron chi connectivity index (χ2n) is 5.19. The van der Waals surface area contributed by atoms with Gasteiger partial charge in [-0.3, -0.25) is 4.79 Å². The zero-order valence-electron chi connectivity index (χ0n) is 12.0. The van der Waals surface area contributed by atoms with Crippen molar-refractivity contribution in [3.8, 4) is 0 Å². The number of ketones is 1. The molecule has 0 N–H and O–H groups in total. The van der Waals surface area contributed by atoms with Gasteiger partial charge in [-0.05, 0) is 32.4 Å². The van der Waals surface area contributed by atoms with Crippen LogP contribution in [0.3, 0.4) is 0 Å². The summed E-state index contributed by atoms with van der Waals surface area (Å²) in [5.41, 5.74) is 2.22. The highest BCUT2D eigenvalue weighted by molar-refractivity contribution is 6.03. The fraction of sp³-hybridized carbons (Fsp3) is 0.562. The van der Waals surface area contributed by atoms with Crippen LogP contribution in [0, 0.1) is 13.8 Å². The zero-order valence-corrected chi connectivity index (χ0v) is 12.0. The molecule has 0 amide bonds. The van der Waals surface area contributed by atoms with E-state index in [-0.39, 0.29) is 5.78 Å². The van der Waals surface area contributed by atoms with E-state index in [4.69, 9.17) is 9.47 Å². The molecule has 1 aliphatic heterocycles. The van der Waals surface area contributed by atoms with Crippen molar-refractivity contribution < 1.29 is 14.3 Å². The van der Waals surface area contributed by atoms with Crippen LogP contribution in [-0.2, 0) is 9.47 Å². The lowest BCUT2D eigenvalue weighted by Crippen LogP contribution is -2.46. The monoisotopic (exact) mass is 262 g/mol. The minimum absolute atomic E-state index is 0.110. The third kappa shape index (κ3) is 2.88. The molecule has 3 heteroatoms. The van der Waals surface area contributed by atoms with Gasteiger partial charge in [0.1, 0.15) is 5.60 Å². The lowest BCUT2D eigenvalue weighted by atomic mass is 9.84. The molecule has 104 valence electrons. The third-order valence-corrected chi connectivity index (χ3v) is 3.77. The quantitative estimate of drug-likeness (QED) is 0.782. The summed E-state index contributed by atoms with van der Waals surface area (Å²) in [6.45, 7) is 7.66. The summed E-state index contributed by atoms with van der Waals surface area (Å²) in [4.78, 5) is 12.9. The minimum Gasteiger partial charge on any atom is -0.381 e. The van der Waals surface area contributed by atoms with E-state index in [0.717, 1.165) is 16.7 Å². The van der Waals surface area contributed by atoms with Crippen LogP contribution < -0.4 is 0 Å². The fourth-order valence-corrected chi connectivity index (χ4v) is 2.64. The van der Waals surface area contributed by atoms with Gasteiger partial charge >= 0.3 is 0 Å². The van der Waals surface area contributed by atoms with E-state index in [9.17, 15) is 4.79 Å². The first-order valence-corrected chi connectivity index (χ1v) is 6.93. The average molecular weight is 262 g/mol. The Kier molecular flexibility index (Phi) is 4.38. The Hall–Kier alpha value is -1.19. The molecule has 1 saturated heterocycles. The Labute approximate surface area is 114 Å². The van der Waals surface area contributed by atoms with Gasteiger partial charge in [-0.2, -0.15) is 0 Å². The molecule has 0 aromatic heterocycles. The topological polar surface area (TPSA) is 35.5 Å². The highest BCUT2D eigenvalue weighted by Crippen LogP contribution is 2.30. The molecule has 0 bridgehead atoms. The van der Waals surface area contributed by atoms with Crippen molar-refractivity contribution in [2.75, 3.05) is 19.8 Å². The molecule has 0 saturated carbocycles. The predicted molar refractivity (Wildman–Crippen MR) is 74.7 cm³/mol. The molecule has 0 aliphatic carbocycles. The maximum Gasteiger partial charge on any atom is 0.195 e. The van der Waals surface area contributed by atoms with Crippen molar-refractivity contribution in [3.05, 3.63) is 34.9 Å². The van der Waals surface area contributed by atoms with Gasteiger partial charge in [-0.15, -0.1) is 0 Å². The Morgan fingerprint density at radius 1 is 1.32 bits per heavy atom. The van der Waals surface area contributed by atoms with Crippen molar-refractivity contribution in [2.45, 2.75) is 39.2 Å². The molecule has 19 heavy (non-hydrogen) atoms. The summed E-state index contributed by atoms with van der Waals surface area (Å²) >= 11 is 0. The average Bonchev–Trinajstić information content (AvgIpc) is 2.42. The van der Waals surface area contributed by atoms with Gasteiger partial charge in [0.15, 0.2) is 5.78 Å². The van der Waals surface area contributed by atoms with Gasteiger partial charge in [-0.1, -0.05) is 17.7 Å². The molecule has 3 nitrogen and oxygen atoms in total. The van der Waals surface area contributed by atoms with E-state index in [1.54, 1.807) is 0 Å². The van der Waals surface area contributed by atoms with E-state index >= 15 is 0 Å². The minimum atomic E-state index is -0.689. The highest BCUT2D eigenvalue weighted by atomic mass is 16.5. The summed E-state index contributed by atoms with van der Waals surface area (Å²) in [6, 6.07) is 6.00. The van der Waals surface area contributed by atoms with Crippen molar-refractivity contribution in [2.24, 2.45) is 0 Å². The third-order valence-electron chi connectivity index (χ3n) is 3.77. The number of aryl methyl sites for hydroxylation is 2. The number of carbonyl (C=O) groups is 1. The molecular formula is C16H22O3. The first kappa shape index (κ1) is 14.2. The van der Waals surface area contributed by atoms with Crippen molar-refractivity contribution in [1.29, 1.82) is 0 Å². The second kappa shape index (κ2) is 5.85. The number of Topliss-reactive ketones (excluding diaryl/α,β-unsaturated/α-hetero) is 1. The molecule has 0 spiro atoms. The van der Waals surface area contributed by atoms with Gasteiger partial charge in [0, 0.05) is 38.2 Å². The predicted octanol–water partition coefficient (Wildman–Crippen LogP) is 3.07. The van der Waals surface area contributed by atoms with Crippen LogP contribution in [0.4, 0.5) is 0 Å². The normalized spacial score (nSPS) is 18.3. The first-order valence-electron chi connectivity index (χ1n) is 6.93. The van der Waals surface area contributed by atoms with Crippen LogP contribution in [0.25, 0.3) is 0 Å². The summed E-state index contributed by atoms with van der Waals surface area (Å²) in [5.74, 6) is 0.110. The first-order chi connectivity index (χ1) is 9.09. The molecule has 1 aromatic rings. The lowest BCUT2D eigenvalue weighted by Gasteiger charge is -2.35. The maximum absolute atomic E-state index is 12.9. The van der Waals surface area contributed by atoms with Crippen molar-refractivity contribution >= 4 is 5.78 Å². The van der Waals surface area contributed by atoms with Crippen LogP contribution in [0.15, 0.2) is 18.2 Å². The summed E-state index contributed by atoms with van der Waals surface area (Å²) in [5, 5.41) is 0. The Morgan fingerprint density at radius 2 is 2.00 bits per heavy atom. The van der Waals surface area contributed by atoms with Crippen LogP contribution in [-0.4, -0.2) is 31.2 Å². The number of rotatable bonds is 4. The van der Waals surface area contributed by atoms with Crippen LogP contribution in [0.1, 0.15) is 41.3 Å². The van der Waals surface area contributed by atoms with Gasteiger partial charge < -0.3 is 9.47 Å². The molecule has 0 unspecified atom stereocenters. The largest absolute Gasteiger partial charge is 0.381 e. The fourth-order valence-electron chi connectivity index (χ4n) is 2.64. The second-order valence-corrected chi connectivity index (χ2v) is 5.19. The van der Waals surface area contributed by atoms with Crippen LogP contribution in [0.2, 0.25) is 0 Å². The number of benzene rings is 1. The summed E-state index contributed by atoms with van der Waals surface area (Å²) in [7, 11) is 0. The molecule has 0 radical (unpaired) electrons. The lowest BCUT2D eigenvalue weighted by molar-refractivity contribution is -0.0822. The standard InChI is InChI=1S/C16H22O3/c1-4-19-16(7-9-18-10-8-16)15(17)14-11-12(2)5-6-13(14)3/h5-6,11H,4,7-10H2,1-3H3. The molecule has 1 aromatic carbocycles. The van der Waals surface area contributed by atoms with E-state index in [2.05, 4.69) is 0 Å². The molecular weight excluding hydrogens is 240 g/mol. The summed E-state index contributed by atoms with van der Waals surface area (Å²) in [6.07, 6.45) is 1.29. The van der Waals surface area contributed by atoms with Crippen molar-refractivity contribution in [1.82, 2.24) is 0 Å². The Balaban J connectivity index is 2.36. The highest BCUT2D eigenvalue weighted by Gasteiger charge is 2.41. The van der Waals surface area contributed by atoms with E-state index in [1.165, 1.54) is 0 Å². The van der Waals surface area contributed by atoms with Crippen LogP contribution in [0.5, 0.6) is 0 Å². The smallest absolute Gasteiger partial charge is 0.195 e. The molecule has 1 fully saturated rings. The van der Waals surface area contributed by atoms with E-state index in [0.29, 0.717) is 32.7 Å². The van der Waals surface area contributed by atoms with Gasteiger partial charge in [0.2, 0.25) is 0 Å². The maximum atomic E-state index is 12.9. The van der Waals surface area contributed by atoms with Crippen molar-refractivity contribution in [3.63, 3.8) is 0 Å². The summed E-state index contributed by atoms with van der Waals surface area (Å²) < 4.78 is 11.2. The van der Waals surface area contributed by atoms with Gasteiger partial charge in [-0.25, -0.2) is 0 Å². The molecule has 1 aliphatic rings. The molecule has 1 heterocycles. The van der Waals surface area contributed by atoms with E-state index < -0.39 is 5.60 Å². The number of hydrogen-bond acceptors (Lipinski definition) is 3. The van der Waals surface area contributed by atoms with Gasteiger partial charge in [0.05, 0.1) is 0 Å². The zero-order chi connectivity index (χ0) is 13.9. The van der Waals surface area contributed by atoms with E-state index in [1.807, 2.05) is 39.0 Å². The SMILES string of the molecule is CCOC1(C(=O)c2cc(C)ccc2C)CCOCC1. The number of hydrogen-bond donors (Lipinski definition) is 0. The van der Waals surface area contributed by atoms with Crippen LogP contribution >= 0.6 is 0 Å². The van der Waals surface area contributed by atoms with Gasteiger partial charge in [0.25, 0.3) is 0 Å². The molecule has 2 rings (SSSR count). The number of ether oxygens (including phenoxy) is 2. The Morgan fingerprint density at radius 3 is 2.63 bits per heavy atom. The molecule has 0 atom stereocenters. The Bertz CT molecular complexity index is 454.